The first kappa shape index (κ1) is 13.8. The van der Waals surface area contributed by atoms with Gasteiger partial charge in [0.15, 0.2) is 5.13 Å². The minimum absolute atomic E-state index is 0.000833. The Morgan fingerprint density at radius 1 is 1.33 bits per heavy atom. The van der Waals surface area contributed by atoms with Gasteiger partial charge in [0.1, 0.15) is 4.90 Å². The van der Waals surface area contributed by atoms with Crippen molar-refractivity contribution in [3.05, 3.63) is 32.7 Å². The molecule has 0 saturated carbocycles. The number of aromatic nitrogens is 1. The van der Waals surface area contributed by atoms with E-state index in [1.807, 2.05) is 0 Å². The summed E-state index contributed by atoms with van der Waals surface area (Å²) >= 11 is 7.62. The van der Waals surface area contributed by atoms with Crippen LogP contribution in [0.25, 0.3) is 0 Å². The minimum atomic E-state index is -3.76. The summed E-state index contributed by atoms with van der Waals surface area (Å²) in [6.45, 7) is 0. The summed E-state index contributed by atoms with van der Waals surface area (Å²) in [6, 6.07) is 3.15. The molecule has 0 fully saturated rings. The molecule has 0 spiro atoms. The van der Waals surface area contributed by atoms with E-state index >= 15 is 0 Å². The summed E-state index contributed by atoms with van der Waals surface area (Å²) in [5.74, 6) is 0. The Morgan fingerprint density at radius 3 is 2.61 bits per heavy atom. The molecule has 9 heteroatoms. The van der Waals surface area contributed by atoms with Gasteiger partial charge in [-0.2, -0.15) is 0 Å². The molecule has 1 aromatic heterocycles. The summed E-state index contributed by atoms with van der Waals surface area (Å²) in [5, 5.41) is 1.97. The number of benzene rings is 1. The predicted octanol–water partition coefficient (Wildman–Crippen LogP) is 3.05. The van der Waals surface area contributed by atoms with Crippen LogP contribution in [0.15, 0.2) is 37.6 Å². The average Bonchev–Trinajstić information content (AvgIpc) is 2.66. The van der Waals surface area contributed by atoms with Gasteiger partial charge in [0, 0.05) is 20.5 Å². The maximum absolute atomic E-state index is 12.2. The summed E-state index contributed by atoms with van der Waals surface area (Å²) in [5.41, 5.74) is 5.89. The molecule has 2 aromatic rings. The Morgan fingerprint density at radius 2 is 2.06 bits per heavy atom. The lowest BCUT2D eigenvalue weighted by Crippen LogP contribution is -2.15. The quantitative estimate of drug-likeness (QED) is 0.758. The van der Waals surface area contributed by atoms with Crippen LogP contribution in [0, 0.1) is 0 Å². The van der Waals surface area contributed by atoms with Crippen LogP contribution in [0.5, 0.6) is 0 Å². The van der Waals surface area contributed by atoms with E-state index in [9.17, 15) is 8.42 Å². The average molecular weight is 413 g/mol. The van der Waals surface area contributed by atoms with E-state index in [1.54, 1.807) is 11.4 Å². The van der Waals surface area contributed by atoms with Gasteiger partial charge in [-0.1, -0.05) is 15.9 Å². The maximum atomic E-state index is 12.2. The van der Waals surface area contributed by atoms with Gasteiger partial charge in [-0.05, 0) is 28.1 Å². The number of nitrogens with one attached hydrogen (secondary N) is 1. The predicted molar refractivity (Wildman–Crippen MR) is 79.2 cm³/mol. The first-order chi connectivity index (χ1) is 8.40. The smallest absolute Gasteiger partial charge is 0.266 e. The molecule has 0 saturated heterocycles. The number of thiazole rings is 1. The Hall–Kier alpha value is -0.640. The molecule has 18 heavy (non-hydrogen) atoms. The van der Waals surface area contributed by atoms with Gasteiger partial charge in [0.25, 0.3) is 10.0 Å². The standard InChI is InChI=1S/C9H7Br2N3O2S2/c10-5-3-6(11)8(7(12)4-5)18(15,16)14-9-13-1-2-17-9/h1-4H,12H2,(H,13,14). The molecule has 0 radical (unpaired) electrons. The second-order valence-corrected chi connectivity index (χ2v) is 7.53. The molecule has 0 amide bonds. The van der Waals surface area contributed by atoms with Crippen molar-refractivity contribution in [2.24, 2.45) is 0 Å². The van der Waals surface area contributed by atoms with Crippen LogP contribution in [0.3, 0.4) is 0 Å². The number of hydrogen-bond acceptors (Lipinski definition) is 5. The SMILES string of the molecule is Nc1cc(Br)cc(Br)c1S(=O)(=O)Nc1nccs1. The molecule has 0 aliphatic heterocycles. The topological polar surface area (TPSA) is 85.1 Å². The monoisotopic (exact) mass is 411 g/mol. The summed E-state index contributed by atoms with van der Waals surface area (Å²) < 4.78 is 27.8. The van der Waals surface area contributed by atoms with Crippen molar-refractivity contribution in [1.29, 1.82) is 0 Å². The van der Waals surface area contributed by atoms with Gasteiger partial charge in [-0.15, -0.1) is 11.3 Å². The lowest BCUT2D eigenvalue weighted by Gasteiger charge is -2.10. The molecule has 1 heterocycles. The van der Waals surface area contributed by atoms with Gasteiger partial charge in [0.05, 0.1) is 5.69 Å². The lowest BCUT2D eigenvalue weighted by molar-refractivity contribution is 0.601. The Labute approximate surface area is 125 Å². The number of rotatable bonds is 3. The lowest BCUT2D eigenvalue weighted by atomic mass is 10.3. The third-order valence-electron chi connectivity index (χ3n) is 1.96. The van der Waals surface area contributed by atoms with Crippen molar-refractivity contribution < 1.29 is 8.42 Å². The van der Waals surface area contributed by atoms with E-state index in [0.717, 1.165) is 0 Å². The number of sulfonamides is 1. The second kappa shape index (κ2) is 5.16. The van der Waals surface area contributed by atoms with Crippen LogP contribution < -0.4 is 10.5 Å². The first-order valence-electron chi connectivity index (χ1n) is 4.57. The van der Waals surface area contributed by atoms with Crippen molar-refractivity contribution in [2.45, 2.75) is 4.90 Å². The maximum Gasteiger partial charge on any atom is 0.266 e. The molecule has 0 bridgehead atoms. The zero-order valence-electron chi connectivity index (χ0n) is 8.72. The van der Waals surface area contributed by atoms with Crippen molar-refractivity contribution in [2.75, 3.05) is 10.5 Å². The Kier molecular flexibility index (Phi) is 3.95. The molecule has 0 aliphatic rings. The van der Waals surface area contributed by atoms with Crippen LogP contribution in [-0.2, 0) is 10.0 Å². The van der Waals surface area contributed by atoms with Crippen molar-refractivity contribution in [1.82, 2.24) is 4.98 Å². The molecule has 1 aromatic carbocycles. The molecule has 96 valence electrons. The fourth-order valence-corrected chi connectivity index (χ4v) is 5.16. The highest BCUT2D eigenvalue weighted by Crippen LogP contribution is 2.32. The van der Waals surface area contributed by atoms with Crippen molar-refractivity contribution in [3.8, 4) is 0 Å². The van der Waals surface area contributed by atoms with E-state index in [4.69, 9.17) is 5.73 Å². The number of nitrogens with two attached hydrogens (primary N) is 1. The third kappa shape index (κ3) is 2.85. The molecule has 5 nitrogen and oxygen atoms in total. The zero-order chi connectivity index (χ0) is 13.3. The summed E-state index contributed by atoms with van der Waals surface area (Å²) in [4.78, 5) is 3.87. The van der Waals surface area contributed by atoms with Crippen LogP contribution in [0.1, 0.15) is 0 Å². The van der Waals surface area contributed by atoms with Crippen LogP contribution in [0.4, 0.5) is 10.8 Å². The van der Waals surface area contributed by atoms with Gasteiger partial charge in [0.2, 0.25) is 0 Å². The van der Waals surface area contributed by atoms with E-state index < -0.39 is 10.0 Å². The highest BCUT2D eigenvalue weighted by atomic mass is 79.9. The Bertz CT molecular complexity index is 648. The van der Waals surface area contributed by atoms with Gasteiger partial charge >= 0.3 is 0 Å². The Balaban J connectivity index is 2.48. The van der Waals surface area contributed by atoms with Gasteiger partial charge in [-0.3, -0.25) is 4.72 Å². The van der Waals surface area contributed by atoms with E-state index in [2.05, 4.69) is 41.6 Å². The highest BCUT2D eigenvalue weighted by molar-refractivity contribution is 9.11. The van der Waals surface area contributed by atoms with Crippen molar-refractivity contribution >= 4 is 64.0 Å². The van der Waals surface area contributed by atoms with E-state index in [-0.39, 0.29) is 10.6 Å². The number of anilines is 2. The molecular weight excluding hydrogens is 406 g/mol. The van der Waals surface area contributed by atoms with Gasteiger partial charge in [-0.25, -0.2) is 13.4 Å². The van der Waals surface area contributed by atoms with Gasteiger partial charge < -0.3 is 5.73 Å². The molecule has 0 atom stereocenters. The molecule has 0 unspecified atom stereocenters. The number of nitrogen functional groups attached to an aromatic ring is 1. The number of halogens is 2. The summed E-state index contributed by atoms with van der Waals surface area (Å²) in [6.07, 6.45) is 1.52. The molecule has 3 N–H and O–H groups in total. The largest absolute Gasteiger partial charge is 0.398 e. The molecule has 2 rings (SSSR count). The highest BCUT2D eigenvalue weighted by Gasteiger charge is 2.22. The number of hydrogen-bond donors (Lipinski definition) is 2. The molecule has 0 aliphatic carbocycles. The van der Waals surface area contributed by atoms with Crippen LogP contribution in [0.2, 0.25) is 0 Å². The minimum Gasteiger partial charge on any atom is -0.398 e. The van der Waals surface area contributed by atoms with Crippen molar-refractivity contribution in [3.63, 3.8) is 0 Å². The van der Waals surface area contributed by atoms with Crippen LogP contribution in [-0.4, -0.2) is 13.4 Å². The van der Waals surface area contributed by atoms with E-state index in [1.165, 1.54) is 23.6 Å². The normalized spacial score (nSPS) is 11.4. The van der Waals surface area contributed by atoms with Crippen LogP contribution >= 0.6 is 43.2 Å². The fourth-order valence-electron chi connectivity index (χ4n) is 1.30. The second-order valence-electron chi connectivity index (χ2n) is 3.25. The number of nitrogens with zero attached hydrogens (tertiary/aromatic N) is 1. The molecular formula is C9H7Br2N3O2S2. The fraction of sp³-hybridized carbons (Fsp3) is 0. The zero-order valence-corrected chi connectivity index (χ0v) is 13.5. The van der Waals surface area contributed by atoms with E-state index in [0.29, 0.717) is 14.1 Å². The summed E-state index contributed by atoms with van der Waals surface area (Å²) in [7, 11) is -3.76. The first-order valence-corrected chi connectivity index (χ1v) is 8.52. The third-order valence-corrected chi connectivity index (χ3v) is 5.58.